The van der Waals surface area contributed by atoms with Crippen molar-refractivity contribution in [2.75, 3.05) is 6.61 Å². The maximum absolute atomic E-state index is 12.8. The van der Waals surface area contributed by atoms with Crippen LogP contribution in [0.1, 0.15) is 34.8 Å². The molecule has 0 N–H and O–H groups in total. The van der Waals surface area contributed by atoms with Crippen LogP contribution in [0.2, 0.25) is 0 Å². The first-order valence-corrected chi connectivity index (χ1v) is 5.48. The van der Waals surface area contributed by atoms with Crippen LogP contribution in [0, 0.1) is 11.3 Å². The molecular formula is C12H8F5NO3. The molecule has 21 heavy (non-hydrogen) atoms. The summed E-state index contributed by atoms with van der Waals surface area (Å²) in [5.74, 6) is -2.22. The molecule has 0 aliphatic heterocycles. The Kier molecular flexibility index (Phi) is 5.07. The predicted octanol–water partition coefficient (Wildman–Crippen LogP) is 3.57. The van der Waals surface area contributed by atoms with Crippen molar-refractivity contribution < 1.29 is 36.2 Å². The fraction of sp³-hybridized carbons (Fsp3) is 0.333. The minimum Gasteiger partial charge on any atom is -0.462 e. The highest BCUT2D eigenvalue weighted by Crippen LogP contribution is 2.32. The van der Waals surface area contributed by atoms with Crippen molar-refractivity contribution in [3.8, 4) is 11.8 Å². The molecule has 0 atom stereocenters. The highest BCUT2D eigenvalue weighted by atomic mass is 19.4. The monoisotopic (exact) mass is 309 g/mol. The molecule has 4 nitrogen and oxygen atoms in total. The largest absolute Gasteiger partial charge is 0.573 e. The lowest BCUT2D eigenvalue weighted by Gasteiger charge is -2.14. The summed E-state index contributed by atoms with van der Waals surface area (Å²) in [6.45, 7) is 1.27. The Bertz CT molecular complexity index is 577. The number of ether oxygens (including phenoxy) is 2. The second-order valence-electron chi connectivity index (χ2n) is 3.62. The molecule has 0 aliphatic rings. The second-order valence-corrected chi connectivity index (χ2v) is 3.62. The summed E-state index contributed by atoms with van der Waals surface area (Å²) < 4.78 is 70.1. The number of carbonyl (C=O) groups excluding carboxylic acids is 1. The third-order valence-electron chi connectivity index (χ3n) is 2.22. The number of alkyl halides is 5. The predicted molar refractivity (Wildman–Crippen MR) is 58.8 cm³/mol. The Labute approximate surface area is 115 Å². The molecule has 1 rings (SSSR count). The molecule has 0 saturated heterocycles. The molecule has 0 heterocycles. The number of benzene rings is 1. The molecule has 0 bridgehead atoms. The van der Waals surface area contributed by atoms with Crippen LogP contribution in [-0.4, -0.2) is 18.9 Å². The first kappa shape index (κ1) is 16.7. The summed E-state index contributed by atoms with van der Waals surface area (Å²) in [5.41, 5.74) is -2.50. The van der Waals surface area contributed by atoms with E-state index in [0.29, 0.717) is 12.1 Å². The van der Waals surface area contributed by atoms with Crippen LogP contribution < -0.4 is 4.74 Å². The average molecular weight is 309 g/mol. The van der Waals surface area contributed by atoms with Crippen molar-refractivity contribution in [2.45, 2.75) is 19.7 Å². The summed E-state index contributed by atoms with van der Waals surface area (Å²) >= 11 is 0. The number of esters is 1. The molecule has 0 fully saturated rings. The van der Waals surface area contributed by atoms with Gasteiger partial charge in [-0.15, -0.1) is 13.2 Å². The number of rotatable bonds is 4. The van der Waals surface area contributed by atoms with Gasteiger partial charge in [0.15, 0.2) is 0 Å². The zero-order valence-electron chi connectivity index (χ0n) is 10.5. The normalized spacial score (nSPS) is 11.1. The van der Waals surface area contributed by atoms with E-state index >= 15 is 0 Å². The van der Waals surface area contributed by atoms with Crippen molar-refractivity contribution in [2.24, 2.45) is 0 Å². The summed E-state index contributed by atoms with van der Waals surface area (Å²) in [5, 5.41) is 8.83. The molecule has 0 aliphatic carbocycles. The topological polar surface area (TPSA) is 59.3 Å². The van der Waals surface area contributed by atoms with E-state index in [1.165, 1.54) is 13.0 Å². The summed E-state index contributed by atoms with van der Waals surface area (Å²) in [6, 6.07) is 2.26. The molecule has 9 heteroatoms. The molecule has 0 aromatic heterocycles. The third-order valence-corrected chi connectivity index (χ3v) is 2.22. The van der Waals surface area contributed by atoms with Gasteiger partial charge in [0.1, 0.15) is 11.8 Å². The summed E-state index contributed by atoms with van der Waals surface area (Å²) in [6.07, 6.45) is -8.39. The van der Waals surface area contributed by atoms with Crippen LogP contribution in [0.5, 0.6) is 5.75 Å². The van der Waals surface area contributed by atoms with Crippen LogP contribution in [-0.2, 0) is 4.74 Å². The third kappa shape index (κ3) is 4.30. The van der Waals surface area contributed by atoms with Gasteiger partial charge in [-0.25, -0.2) is 13.6 Å². The van der Waals surface area contributed by atoms with Gasteiger partial charge in [-0.2, -0.15) is 5.26 Å². The Hall–Kier alpha value is -2.37. The van der Waals surface area contributed by atoms with Crippen LogP contribution in [0.4, 0.5) is 22.0 Å². The molecule has 0 radical (unpaired) electrons. The van der Waals surface area contributed by atoms with E-state index in [2.05, 4.69) is 9.47 Å². The van der Waals surface area contributed by atoms with Crippen LogP contribution in [0.3, 0.4) is 0 Å². The number of nitriles is 1. The van der Waals surface area contributed by atoms with E-state index in [-0.39, 0.29) is 6.61 Å². The molecule has 0 unspecified atom stereocenters. The Morgan fingerprint density at radius 3 is 2.43 bits per heavy atom. The molecule has 0 amide bonds. The van der Waals surface area contributed by atoms with Crippen LogP contribution >= 0.6 is 0 Å². The van der Waals surface area contributed by atoms with Gasteiger partial charge in [0.05, 0.1) is 17.7 Å². The molecule has 1 aromatic carbocycles. The van der Waals surface area contributed by atoms with Gasteiger partial charge in [-0.05, 0) is 19.1 Å². The second kappa shape index (κ2) is 6.39. The van der Waals surface area contributed by atoms with Crippen molar-refractivity contribution >= 4 is 5.97 Å². The highest BCUT2D eigenvalue weighted by Gasteiger charge is 2.33. The minimum atomic E-state index is -5.13. The SMILES string of the molecule is CCOC(=O)c1cc(OC(F)(F)F)cc(C(F)F)c1C#N. The molecule has 1 aromatic rings. The van der Waals surface area contributed by atoms with Crippen molar-refractivity contribution in [1.29, 1.82) is 5.26 Å². The zero-order chi connectivity index (χ0) is 16.2. The fourth-order valence-corrected chi connectivity index (χ4v) is 1.50. The van der Waals surface area contributed by atoms with Crippen molar-refractivity contribution in [1.82, 2.24) is 0 Å². The quantitative estimate of drug-likeness (QED) is 0.630. The number of hydrogen-bond acceptors (Lipinski definition) is 4. The zero-order valence-corrected chi connectivity index (χ0v) is 10.5. The lowest BCUT2D eigenvalue weighted by atomic mass is 10.0. The summed E-state index contributed by atoms with van der Waals surface area (Å²) in [4.78, 5) is 11.6. The highest BCUT2D eigenvalue weighted by molar-refractivity contribution is 5.93. The standard InChI is InChI=1S/C12H8F5NO3/c1-2-20-11(19)8-4-6(21-12(15,16)17)3-7(10(13)14)9(8)5-18/h3-4,10H,2H2,1H3. The van der Waals surface area contributed by atoms with Gasteiger partial charge in [0.25, 0.3) is 6.43 Å². The lowest BCUT2D eigenvalue weighted by Crippen LogP contribution is -2.18. The smallest absolute Gasteiger partial charge is 0.462 e. The molecule has 114 valence electrons. The van der Waals surface area contributed by atoms with Gasteiger partial charge in [-0.1, -0.05) is 0 Å². The Morgan fingerprint density at radius 2 is 2.00 bits per heavy atom. The van der Waals surface area contributed by atoms with E-state index in [9.17, 15) is 26.7 Å². The van der Waals surface area contributed by atoms with E-state index in [1.807, 2.05) is 0 Å². The van der Waals surface area contributed by atoms with Crippen molar-refractivity contribution in [3.63, 3.8) is 0 Å². The Morgan fingerprint density at radius 1 is 1.38 bits per heavy atom. The van der Waals surface area contributed by atoms with E-state index in [0.717, 1.165) is 0 Å². The molecule has 0 saturated carbocycles. The van der Waals surface area contributed by atoms with Gasteiger partial charge in [0.2, 0.25) is 0 Å². The maximum atomic E-state index is 12.8. The number of carbonyl (C=O) groups is 1. The van der Waals surface area contributed by atoms with Gasteiger partial charge in [0, 0.05) is 5.56 Å². The first-order chi connectivity index (χ1) is 9.69. The molecular weight excluding hydrogens is 301 g/mol. The maximum Gasteiger partial charge on any atom is 0.573 e. The number of hydrogen-bond donors (Lipinski definition) is 0. The van der Waals surface area contributed by atoms with Crippen LogP contribution in [0.15, 0.2) is 12.1 Å². The Balaban J connectivity index is 3.45. The van der Waals surface area contributed by atoms with Gasteiger partial charge in [-0.3, -0.25) is 0 Å². The molecule has 0 spiro atoms. The van der Waals surface area contributed by atoms with Crippen molar-refractivity contribution in [3.05, 3.63) is 28.8 Å². The van der Waals surface area contributed by atoms with E-state index in [4.69, 9.17) is 5.26 Å². The fourth-order valence-electron chi connectivity index (χ4n) is 1.50. The first-order valence-electron chi connectivity index (χ1n) is 5.48. The van der Waals surface area contributed by atoms with E-state index in [1.54, 1.807) is 0 Å². The average Bonchev–Trinajstić information content (AvgIpc) is 2.35. The number of halogens is 5. The van der Waals surface area contributed by atoms with Gasteiger partial charge < -0.3 is 9.47 Å². The van der Waals surface area contributed by atoms with Gasteiger partial charge >= 0.3 is 12.3 Å². The van der Waals surface area contributed by atoms with E-state index < -0.39 is 41.2 Å². The lowest BCUT2D eigenvalue weighted by molar-refractivity contribution is -0.274. The van der Waals surface area contributed by atoms with Crippen LogP contribution in [0.25, 0.3) is 0 Å². The summed E-state index contributed by atoms with van der Waals surface area (Å²) in [7, 11) is 0. The number of nitrogens with zero attached hydrogens (tertiary/aromatic N) is 1. The minimum absolute atomic E-state index is 0.141.